The number of aliphatic imine (C=N–C) groups is 2. The lowest BCUT2D eigenvalue weighted by Crippen LogP contribution is -1.91. The molecule has 0 aliphatic heterocycles. The van der Waals surface area contributed by atoms with Crippen LogP contribution in [0.3, 0.4) is 0 Å². The Balaban J connectivity index is 0.000000282. The van der Waals surface area contributed by atoms with Gasteiger partial charge in [-0.2, -0.15) is 0 Å². The third kappa shape index (κ3) is 11.1. The van der Waals surface area contributed by atoms with E-state index in [0.717, 1.165) is 66.1 Å². The summed E-state index contributed by atoms with van der Waals surface area (Å²) in [4.78, 5) is 23.1. The summed E-state index contributed by atoms with van der Waals surface area (Å²) in [6, 6.07) is 5.16. The van der Waals surface area contributed by atoms with Gasteiger partial charge in [-0.25, -0.2) is 4.39 Å². The van der Waals surface area contributed by atoms with Gasteiger partial charge in [0.1, 0.15) is 11.5 Å². The van der Waals surface area contributed by atoms with Crippen molar-refractivity contribution in [2.24, 2.45) is 15.9 Å². The van der Waals surface area contributed by atoms with Crippen LogP contribution in [0.5, 0.6) is 0 Å². The molecule has 180 valence electrons. The Hall–Kier alpha value is -2.69. The summed E-state index contributed by atoms with van der Waals surface area (Å²) < 4.78 is 13.3. The molecular weight excluding hydrogens is 413 g/mol. The molecule has 1 saturated carbocycles. The highest BCUT2D eigenvalue weighted by Crippen LogP contribution is 2.26. The Morgan fingerprint density at radius 2 is 1.79 bits per heavy atom. The molecule has 1 aliphatic carbocycles. The molecule has 1 aliphatic rings. The first-order valence-electron chi connectivity index (χ1n) is 12.0. The maximum Gasteiger partial charge on any atom is 0.168 e. The molecule has 33 heavy (non-hydrogen) atoms. The van der Waals surface area contributed by atoms with Gasteiger partial charge in [-0.1, -0.05) is 52.5 Å². The molecule has 0 amide bonds. The minimum absolute atomic E-state index is 0.177. The monoisotopic (exact) mass is 453 g/mol. The summed E-state index contributed by atoms with van der Waals surface area (Å²) in [5.74, 6) is 0.906. The zero-order chi connectivity index (χ0) is 24.8. The minimum atomic E-state index is -0.177. The molecule has 0 saturated heterocycles. The number of rotatable bonds is 7. The number of halogens is 1. The highest BCUT2D eigenvalue weighted by atomic mass is 19.1. The number of aromatic nitrogens is 1. The molecule has 0 bridgehead atoms. The van der Waals surface area contributed by atoms with E-state index < -0.39 is 0 Å². The summed E-state index contributed by atoms with van der Waals surface area (Å²) in [5.41, 5.74) is 5.95. The molecular formula is C28H40FN3O. The fraction of sp³-hybridized carbons (Fsp3) is 0.500. The number of hydrogen-bond acceptors (Lipinski definition) is 4. The van der Waals surface area contributed by atoms with Gasteiger partial charge in [-0.05, 0) is 69.2 Å². The lowest BCUT2D eigenvalue weighted by atomic mass is 10.1. The van der Waals surface area contributed by atoms with Crippen molar-refractivity contribution < 1.29 is 9.18 Å². The van der Waals surface area contributed by atoms with Crippen molar-refractivity contribution in [2.75, 3.05) is 0 Å². The van der Waals surface area contributed by atoms with Crippen LogP contribution in [0.2, 0.25) is 0 Å². The molecule has 3 rings (SSSR count). The Kier molecular flexibility index (Phi) is 13.1. The van der Waals surface area contributed by atoms with Crippen LogP contribution < -0.4 is 0 Å². The second kappa shape index (κ2) is 15.2. The molecule has 0 radical (unpaired) electrons. The number of pyridine rings is 1. The van der Waals surface area contributed by atoms with E-state index >= 15 is 0 Å². The van der Waals surface area contributed by atoms with Gasteiger partial charge in [0.05, 0.1) is 17.6 Å². The van der Waals surface area contributed by atoms with Gasteiger partial charge >= 0.3 is 0 Å². The number of carbonyl (C=O) groups is 1. The lowest BCUT2D eigenvalue weighted by Gasteiger charge is -2.05. The van der Waals surface area contributed by atoms with Gasteiger partial charge in [0, 0.05) is 18.0 Å². The maximum atomic E-state index is 13.3. The van der Waals surface area contributed by atoms with Gasteiger partial charge in [-0.15, -0.1) is 0 Å². The number of hydrogen-bond donors (Lipinski definition) is 0. The molecule has 1 heterocycles. The largest absolute Gasteiger partial charge is 0.296 e. The standard InChI is InChI=1S/C13H18FN.C11H14N2O.C4H8/c1-5-6-11(4)15-13-8-12(14)9(2)7-10(13)3;1-3-5-9-6-10(8-14)13-7-11(9)12-4-2;1-4-2-3-4/h7-8H,5-6H2,1-4H3;4,6-8H,3,5H2,1-2H3;4H,2-3H2,1H3. The van der Waals surface area contributed by atoms with Gasteiger partial charge < -0.3 is 0 Å². The number of aldehydes is 1. The molecule has 5 heteroatoms. The molecule has 1 aromatic carbocycles. The van der Waals surface area contributed by atoms with Crippen molar-refractivity contribution in [3.05, 3.63) is 52.6 Å². The van der Waals surface area contributed by atoms with Crippen LogP contribution in [0, 0.1) is 25.6 Å². The SMILES string of the molecule is CC1CC1.CC=Nc1cnc(C=O)cc1CCC.CCCC(C)=Nc1cc(F)c(C)cc1C. The molecule has 2 aromatic rings. The topological polar surface area (TPSA) is 54.7 Å². The summed E-state index contributed by atoms with van der Waals surface area (Å²) >= 11 is 0. The Bertz CT molecular complexity index is 946. The predicted octanol–water partition coefficient (Wildman–Crippen LogP) is 8.32. The summed E-state index contributed by atoms with van der Waals surface area (Å²) in [6.07, 6.45) is 11.1. The van der Waals surface area contributed by atoms with E-state index in [4.69, 9.17) is 0 Å². The number of benzene rings is 1. The zero-order valence-electron chi connectivity index (χ0n) is 21.4. The van der Waals surface area contributed by atoms with Crippen molar-refractivity contribution in [2.45, 2.75) is 87.0 Å². The Labute approximate surface area is 199 Å². The van der Waals surface area contributed by atoms with Gasteiger partial charge in [0.15, 0.2) is 6.29 Å². The molecule has 0 N–H and O–H groups in total. The molecule has 0 unspecified atom stereocenters. The smallest absolute Gasteiger partial charge is 0.168 e. The number of carbonyl (C=O) groups excluding carboxylic acids is 1. The molecule has 1 fully saturated rings. The van der Waals surface area contributed by atoms with Gasteiger partial charge in [-0.3, -0.25) is 19.8 Å². The van der Waals surface area contributed by atoms with Crippen LogP contribution in [-0.4, -0.2) is 23.2 Å². The highest BCUT2D eigenvalue weighted by molar-refractivity contribution is 5.84. The third-order valence-electron chi connectivity index (χ3n) is 5.16. The van der Waals surface area contributed by atoms with Crippen LogP contribution in [0.4, 0.5) is 15.8 Å². The van der Waals surface area contributed by atoms with Crippen molar-refractivity contribution >= 4 is 29.6 Å². The quantitative estimate of drug-likeness (QED) is 0.312. The predicted molar refractivity (Wildman–Crippen MR) is 139 cm³/mol. The van der Waals surface area contributed by atoms with Crippen molar-refractivity contribution in [3.63, 3.8) is 0 Å². The Morgan fingerprint density at radius 1 is 1.12 bits per heavy atom. The second-order valence-corrected chi connectivity index (χ2v) is 8.66. The first-order chi connectivity index (χ1) is 15.7. The van der Waals surface area contributed by atoms with E-state index in [1.54, 1.807) is 25.4 Å². The fourth-order valence-corrected chi connectivity index (χ4v) is 3.02. The Morgan fingerprint density at radius 3 is 2.30 bits per heavy atom. The molecule has 4 nitrogen and oxygen atoms in total. The third-order valence-corrected chi connectivity index (χ3v) is 5.16. The van der Waals surface area contributed by atoms with Crippen LogP contribution >= 0.6 is 0 Å². The first-order valence-corrected chi connectivity index (χ1v) is 12.0. The van der Waals surface area contributed by atoms with Crippen molar-refractivity contribution in [1.82, 2.24) is 4.98 Å². The van der Waals surface area contributed by atoms with Crippen LogP contribution in [-0.2, 0) is 6.42 Å². The first kappa shape index (κ1) is 28.3. The molecule has 1 aromatic heterocycles. The average molecular weight is 454 g/mol. The van der Waals surface area contributed by atoms with Gasteiger partial charge in [0.2, 0.25) is 0 Å². The van der Waals surface area contributed by atoms with Crippen molar-refractivity contribution in [3.8, 4) is 0 Å². The number of nitrogens with zero attached hydrogens (tertiary/aromatic N) is 3. The van der Waals surface area contributed by atoms with E-state index in [1.807, 2.05) is 26.8 Å². The van der Waals surface area contributed by atoms with Gasteiger partial charge in [0.25, 0.3) is 0 Å². The molecule has 0 spiro atoms. The second-order valence-electron chi connectivity index (χ2n) is 8.66. The highest BCUT2D eigenvalue weighted by Gasteiger charge is 2.12. The number of aryl methyl sites for hydroxylation is 3. The van der Waals surface area contributed by atoms with E-state index in [0.29, 0.717) is 11.3 Å². The molecule has 0 atom stereocenters. The van der Waals surface area contributed by atoms with Crippen LogP contribution in [0.15, 0.2) is 34.4 Å². The van der Waals surface area contributed by atoms with E-state index in [9.17, 15) is 9.18 Å². The average Bonchev–Trinajstić information content (AvgIpc) is 3.56. The van der Waals surface area contributed by atoms with E-state index in [-0.39, 0.29) is 5.82 Å². The lowest BCUT2D eigenvalue weighted by molar-refractivity contribution is 0.111. The van der Waals surface area contributed by atoms with E-state index in [1.165, 1.54) is 18.9 Å². The summed E-state index contributed by atoms with van der Waals surface area (Å²) in [7, 11) is 0. The fourth-order valence-electron chi connectivity index (χ4n) is 3.02. The zero-order valence-corrected chi connectivity index (χ0v) is 21.4. The maximum absolute atomic E-state index is 13.3. The normalized spacial score (nSPS) is 13.2. The van der Waals surface area contributed by atoms with Crippen LogP contribution in [0.1, 0.15) is 93.9 Å². The summed E-state index contributed by atoms with van der Waals surface area (Å²) in [6.45, 7) is 14.1. The summed E-state index contributed by atoms with van der Waals surface area (Å²) in [5, 5.41) is 0. The minimum Gasteiger partial charge on any atom is -0.296 e. The van der Waals surface area contributed by atoms with E-state index in [2.05, 4.69) is 35.7 Å². The van der Waals surface area contributed by atoms with Crippen molar-refractivity contribution in [1.29, 1.82) is 0 Å². The van der Waals surface area contributed by atoms with Crippen LogP contribution in [0.25, 0.3) is 0 Å².